The van der Waals surface area contributed by atoms with Crippen LogP contribution in [0.2, 0.25) is 0 Å². The second-order valence-electron chi connectivity index (χ2n) is 8.13. The molecule has 24 heavy (non-hydrogen) atoms. The van der Waals surface area contributed by atoms with E-state index in [2.05, 4.69) is 25.8 Å². The van der Waals surface area contributed by atoms with Crippen LogP contribution in [-0.4, -0.2) is 38.2 Å². The van der Waals surface area contributed by atoms with E-state index in [1.807, 2.05) is 0 Å². The molecule has 0 bridgehead atoms. The number of aromatic nitrogens is 2. The summed E-state index contributed by atoms with van der Waals surface area (Å²) in [4.78, 5) is 16.7. The van der Waals surface area contributed by atoms with Crippen LogP contribution >= 0.6 is 12.2 Å². The van der Waals surface area contributed by atoms with E-state index >= 15 is 0 Å². The van der Waals surface area contributed by atoms with Crippen molar-refractivity contribution in [2.24, 2.45) is 29.9 Å². The highest BCUT2D eigenvalue weighted by Gasteiger charge is 2.40. The van der Waals surface area contributed by atoms with Crippen LogP contribution in [0.25, 0.3) is 0 Å². The van der Waals surface area contributed by atoms with Crippen LogP contribution in [0.1, 0.15) is 45.6 Å². The van der Waals surface area contributed by atoms with E-state index in [1.54, 1.807) is 14.1 Å². The van der Waals surface area contributed by atoms with Gasteiger partial charge in [-0.3, -0.25) is 18.9 Å². The molecule has 1 aromatic rings. The lowest BCUT2D eigenvalue weighted by molar-refractivity contribution is -0.00472. The zero-order valence-electron chi connectivity index (χ0n) is 15.0. The Hall–Kier alpha value is -1.47. The first-order valence-corrected chi connectivity index (χ1v) is 8.53. The summed E-state index contributed by atoms with van der Waals surface area (Å²) in [5.41, 5.74) is -0.295. The van der Waals surface area contributed by atoms with Crippen molar-refractivity contribution >= 4 is 18.4 Å². The molecule has 6 nitrogen and oxygen atoms in total. The molecule has 0 spiro atoms. The third kappa shape index (κ3) is 3.78. The Morgan fingerprint density at radius 2 is 1.92 bits per heavy atom. The van der Waals surface area contributed by atoms with Crippen molar-refractivity contribution in [3.05, 3.63) is 20.7 Å². The minimum Gasteiger partial charge on any atom is -0.494 e. The minimum absolute atomic E-state index is 0.0661. The average Bonchev–Trinajstić information content (AvgIpc) is 2.44. The molecule has 1 aliphatic carbocycles. The Labute approximate surface area is 147 Å². The Kier molecular flexibility index (Phi) is 5.06. The van der Waals surface area contributed by atoms with Crippen molar-refractivity contribution in [2.75, 3.05) is 6.54 Å². The zero-order chi connectivity index (χ0) is 18.3. The molecule has 0 aliphatic heterocycles. The highest BCUT2D eigenvalue weighted by atomic mass is 32.1. The van der Waals surface area contributed by atoms with E-state index in [1.165, 1.54) is 15.3 Å². The molecular weight excluding hydrogens is 326 g/mol. The second-order valence-corrected chi connectivity index (χ2v) is 8.49. The maximum atomic E-state index is 12.3. The van der Waals surface area contributed by atoms with Crippen LogP contribution in [0.15, 0.2) is 9.79 Å². The number of hydrogen-bond acceptors (Lipinski definition) is 5. The summed E-state index contributed by atoms with van der Waals surface area (Å²) < 4.78 is 2.94. The molecule has 0 amide bonds. The van der Waals surface area contributed by atoms with Crippen molar-refractivity contribution in [1.29, 1.82) is 0 Å². The standard InChI is InChI=1S/C17H27N3O3S/c1-16(2)6-11(21)7-17(3,9-16)10-18-8-12-13(22)19(4)15(24)20(5)14(12)23/h8,11,21-22H,6-7,9-10H2,1-5H3/t11-,17+/m0/s1. The third-order valence-electron chi connectivity index (χ3n) is 4.78. The van der Waals surface area contributed by atoms with E-state index in [4.69, 9.17) is 12.2 Å². The first kappa shape index (κ1) is 18.9. The highest BCUT2D eigenvalue weighted by Crippen LogP contribution is 2.46. The average molecular weight is 353 g/mol. The van der Waals surface area contributed by atoms with Gasteiger partial charge in [0.05, 0.1) is 6.10 Å². The summed E-state index contributed by atoms with van der Waals surface area (Å²) in [5, 5.41) is 20.3. The Morgan fingerprint density at radius 3 is 2.50 bits per heavy atom. The first-order valence-electron chi connectivity index (χ1n) is 8.13. The van der Waals surface area contributed by atoms with Gasteiger partial charge in [-0.05, 0) is 42.3 Å². The lowest BCUT2D eigenvalue weighted by Crippen LogP contribution is -2.40. The normalized spacial score (nSPS) is 26.8. The number of hydrogen-bond donors (Lipinski definition) is 2. The number of nitrogens with zero attached hydrogens (tertiary/aromatic N) is 3. The maximum Gasteiger partial charge on any atom is 0.266 e. The van der Waals surface area contributed by atoms with Gasteiger partial charge in [-0.2, -0.15) is 0 Å². The van der Waals surface area contributed by atoms with Gasteiger partial charge in [0.2, 0.25) is 5.88 Å². The van der Waals surface area contributed by atoms with Gasteiger partial charge in [0.25, 0.3) is 5.56 Å². The molecule has 0 saturated heterocycles. The van der Waals surface area contributed by atoms with Crippen molar-refractivity contribution in [2.45, 2.75) is 46.1 Å². The molecule has 1 aliphatic rings. The van der Waals surface area contributed by atoms with Gasteiger partial charge in [-0.25, -0.2) is 0 Å². The Morgan fingerprint density at radius 1 is 1.29 bits per heavy atom. The minimum atomic E-state index is -0.367. The molecule has 0 radical (unpaired) electrons. The highest BCUT2D eigenvalue weighted by molar-refractivity contribution is 7.71. The first-order chi connectivity index (χ1) is 11.0. The van der Waals surface area contributed by atoms with Crippen LogP contribution < -0.4 is 5.56 Å². The number of aliphatic hydroxyl groups excluding tert-OH is 1. The number of aliphatic imine (C=N–C) groups is 1. The summed E-state index contributed by atoms with van der Waals surface area (Å²) >= 11 is 5.09. The van der Waals surface area contributed by atoms with Gasteiger partial charge in [0.15, 0.2) is 4.77 Å². The van der Waals surface area contributed by atoms with Crippen molar-refractivity contribution in [1.82, 2.24) is 9.13 Å². The lowest BCUT2D eigenvalue weighted by Gasteiger charge is -2.44. The summed E-state index contributed by atoms with van der Waals surface area (Å²) in [5.74, 6) is -0.180. The van der Waals surface area contributed by atoms with Crippen molar-refractivity contribution in [3.63, 3.8) is 0 Å². The van der Waals surface area contributed by atoms with Crippen LogP contribution in [-0.2, 0) is 14.1 Å². The van der Waals surface area contributed by atoms with Gasteiger partial charge in [-0.15, -0.1) is 0 Å². The predicted octanol–water partition coefficient (Wildman–Crippen LogP) is 2.16. The smallest absolute Gasteiger partial charge is 0.266 e. The monoisotopic (exact) mass is 353 g/mol. The van der Waals surface area contributed by atoms with Crippen LogP contribution in [0.5, 0.6) is 5.88 Å². The predicted molar refractivity (Wildman–Crippen MR) is 97.4 cm³/mol. The van der Waals surface area contributed by atoms with Gasteiger partial charge < -0.3 is 10.2 Å². The topological polar surface area (TPSA) is 79.8 Å². The molecule has 0 unspecified atom stereocenters. The quantitative estimate of drug-likeness (QED) is 0.645. The number of aromatic hydroxyl groups is 1. The van der Waals surface area contributed by atoms with Crippen LogP contribution in [0, 0.1) is 15.6 Å². The molecule has 2 N–H and O–H groups in total. The molecule has 1 heterocycles. The fourth-order valence-corrected chi connectivity index (χ4v) is 4.20. The number of rotatable bonds is 3. The van der Waals surface area contributed by atoms with E-state index < -0.39 is 0 Å². The maximum absolute atomic E-state index is 12.3. The van der Waals surface area contributed by atoms with Gasteiger partial charge in [0.1, 0.15) is 5.56 Å². The molecule has 1 saturated carbocycles. The van der Waals surface area contributed by atoms with Gasteiger partial charge >= 0.3 is 0 Å². The molecule has 2 rings (SSSR count). The Balaban J connectivity index is 2.27. The fourth-order valence-electron chi connectivity index (χ4n) is 4.03. The van der Waals surface area contributed by atoms with Crippen LogP contribution in [0.3, 0.4) is 0 Å². The summed E-state index contributed by atoms with van der Waals surface area (Å²) in [6.45, 7) is 6.91. The number of aliphatic hydroxyl groups is 1. The zero-order valence-corrected chi connectivity index (χ0v) is 15.9. The van der Waals surface area contributed by atoms with Gasteiger partial charge in [0, 0.05) is 26.9 Å². The van der Waals surface area contributed by atoms with E-state index in [9.17, 15) is 15.0 Å². The molecule has 2 atom stereocenters. The van der Waals surface area contributed by atoms with E-state index in [0.29, 0.717) is 13.0 Å². The molecule has 134 valence electrons. The molecule has 1 aromatic heterocycles. The molecule has 1 fully saturated rings. The molecule has 0 aromatic carbocycles. The third-order valence-corrected chi connectivity index (χ3v) is 5.33. The molecule has 7 heteroatoms. The lowest BCUT2D eigenvalue weighted by atomic mass is 9.63. The SMILES string of the molecule is Cn1c(O)c(C=NC[C@]2(C)C[C@@H](O)CC(C)(C)C2)c(=O)n(C)c1=S. The van der Waals surface area contributed by atoms with E-state index in [-0.39, 0.29) is 38.7 Å². The fraction of sp³-hybridized carbons (Fsp3) is 0.706. The van der Waals surface area contributed by atoms with Gasteiger partial charge in [-0.1, -0.05) is 20.8 Å². The summed E-state index contributed by atoms with van der Waals surface area (Å²) in [6, 6.07) is 0. The summed E-state index contributed by atoms with van der Waals surface area (Å²) in [6.07, 6.45) is 3.54. The largest absolute Gasteiger partial charge is 0.494 e. The summed E-state index contributed by atoms with van der Waals surface area (Å²) in [7, 11) is 3.18. The van der Waals surface area contributed by atoms with E-state index in [0.717, 1.165) is 12.8 Å². The van der Waals surface area contributed by atoms with Crippen molar-refractivity contribution in [3.8, 4) is 5.88 Å². The second kappa shape index (κ2) is 6.44. The Bertz CT molecular complexity index is 779. The van der Waals surface area contributed by atoms with Crippen molar-refractivity contribution < 1.29 is 10.2 Å². The van der Waals surface area contributed by atoms with Crippen LogP contribution in [0.4, 0.5) is 0 Å². The molecular formula is C17H27N3O3S.